The summed E-state index contributed by atoms with van der Waals surface area (Å²) in [7, 11) is -3.08. The Balaban J connectivity index is 4.06. The highest BCUT2D eigenvalue weighted by molar-refractivity contribution is 7.94. The summed E-state index contributed by atoms with van der Waals surface area (Å²) in [5.74, 6) is 0. The van der Waals surface area contributed by atoms with Crippen molar-refractivity contribution in [2.24, 2.45) is 0 Å². The largest absolute Gasteiger partial charge is 0.224 e. The van der Waals surface area contributed by atoms with Gasteiger partial charge in [0.25, 0.3) is 0 Å². The summed E-state index contributed by atoms with van der Waals surface area (Å²) < 4.78 is 24.0. The van der Waals surface area contributed by atoms with E-state index in [1.165, 1.54) is 38.5 Å². The van der Waals surface area contributed by atoms with Crippen LogP contribution < -0.4 is 0 Å². The van der Waals surface area contributed by atoms with Gasteiger partial charge in [0.2, 0.25) is 0 Å². The minimum absolute atomic E-state index is 0.191. The van der Waals surface area contributed by atoms with Crippen molar-refractivity contribution in [1.29, 1.82) is 0 Å². The molecule has 0 saturated carbocycles. The molecule has 0 N–H and O–H groups in total. The molecule has 0 bridgehead atoms. The van der Waals surface area contributed by atoms with Gasteiger partial charge in [-0.1, -0.05) is 84.6 Å². The van der Waals surface area contributed by atoms with Crippen LogP contribution in [0.2, 0.25) is 0 Å². The van der Waals surface area contributed by atoms with Gasteiger partial charge in [-0.2, -0.15) is 0 Å². The van der Waals surface area contributed by atoms with Gasteiger partial charge in [-0.3, -0.25) is 0 Å². The summed E-state index contributed by atoms with van der Waals surface area (Å²) in [4.78, 5) is 0. The van der Waals surface area contributed by atoms with Crippen molar-refractivity contribution in [3.8, 4) is 0 Å². The van der Waals surface area contributed by atoms with Crippen LogP contribution in [-0.2, 0) is 9.84 Å². The van der Waals surface area contributed by atoms with Crippen LogP contribution in [0.3, 0.4) is 0 Å². The van der Waals surface area contributed by atoms with E-state index in [2.05, 4.69) is 20.4 Å². The molecule has 0 radical (unpaired) electrons. The lowest BCUT2D eigenvalue weighted by Gasteiger charge is -2.15. The minimum atomic E-state index is -3.08. The first kappa shape index (κ1) is 19.7. The molecule has 0 spiro atoms. The third kappa shape index (κ3) is 9.57. The summed E-state index contributed by atoms with van der Waals surface area (Å²) in [5, 5.41) is 0.971. The molecule has 0 rings (SSSR count). The zero-order valence-electron chi connectivity index (χ0n) is 13.6. The Labute approximate surface area is 127 Å². The van der Waals surface area contributed by atoms with E-state index >= 15 is 0 Å². The Kier molecular flexibility index (Phi) is 12.2. The van der Waals surface area contributed by atoms with Crippen LogP contribution in [0.15, 0.2) is 12.0 Å². The number of sulfone groups is 1. The first-order chi connectivity index (χ1) is 9.58. The summed E-state index contributed by atoms with van der Waals surface area (Å²) in [5.41, 5.74) is 0. The summed E-state index contributed by atoms with van der Waals surface area (Å²) in [6.45, 7) is 7.87. The van der Waals surface area contributed by atoms with Gasteiger partial charge in [-0.15, -0.1) is 0 Å². The molecule has 0 aromatic heterocycles. The van der Waals surface area contributed by atoms with Crippen molar-refractivity contribution in [3.63, 3.8) is 0 Å². The van der Waals surface area contributed by atoms with Gasteiger partial charge in [-0.25, -0.2) is 8.42 Å². The zero-order valence-corrected chi connectivity index (χ0v) is 14.4. The van der Waals surface area contributed by atoms with E-state index in [4.69, 9.17) is 0 Å². The molecular formula is C17H34O2S. The van der Waals surface area contributed by atoms with Gasteiger partial charge in [-0.05, 0) is 12.8 Å². The second-order valence-corrected chi connectivity index (χ2v) is 7.96. The highest BCUT2D eigenvalue weighted by Crippen LogP contribution is 2.20. The molecule has 0 fully saturated rings. The molecule has 2 nitrogen and oxygen atoms in total. The van der Waals surface area contributed by atoms with E-state index in [1.54, 1.807) is 0 Å². The number of unbranched alkanes of at least 4 members (excludes halogenated alkanes) is 8. The SMILES string of the molecule is C=CS(=O)(=O)C(CCCCCCC)CCCCCCC. The average molecular weight is 303 g/mol. The standard InChI is InChI=1S/C17H34O2S/c1-4-7-9-11-13-15-17(20(18,19)6-3)16-14-12-10-8-5-2/h6,17H,3-5,7-16H2,1-2H3. The fourth-order valence-electron chi connectivity index (χ4n) is 2.56. The highest BCUT2D eigenvalue weighted by Gasteiger charge is 2.21. The number of rotatable bonds is 14. The fourth-order valence-corrected chi connectivity index (χ4v) is 3.82. The average Bonchev–Trinajstić information content (AvgIpc) is 2.44. The molecule has 0 aliphatic carbocycles. The quantitative estimate of drug-likeness (QED) is 0.389. The smallest absolute Gasteiger partial charge is 0.173 e. The van der Waals surface area contributed by atoms with E-state index < -0.39 is 9.84 Å². The van der Waals surface area contributed by atoms with Gasteiger partial charge >= 0.3 is 0 Å². The maximum absolute atomic E-state index is 12.0. The predicted molar refractivity (Wildman–Crippen MR) is 89.7 cm³/mol. The highest BCUT2D eigenvalue weighted by atomic mass is 32.2. The first-order valence-corrected chi connectivity index (χ1v) is 10.1. The third-order valence-corrected chi connectivity index (χ3v) is 5.82. The second-order valence-electron chi connectivity index (χ2n) is 5.78. The molecule has 0 unspecified atom stereocenters. The van der Waals surface area contributed by atoms with Crippen LogP contribution >= 0.6 is 0 Å². The van der Waals surface area contributed by atoms with E-state index in [-0.39, 0.29) is 5.25 Å². The Bertz CT molecular complexity index is 306. The molecule has 120 valence electrons. The van der Waals surface area contributed by atoms with Crippen LogP contribution in [0.5, 0.6) is 0 Å². The summed E-state index contributed by atoms with van der Waals surface area (Å²) >= 11 is 0. The maximum atomic E-state index is 12.0. The molecular weight excluding hydrogens is 268 g/mol. The van der Waals surface area contributed by atoms with Gasteiger partial charge in [0, 0.05) is 5.41 Å². The molecule has 0 saturated heterocycles. The molecule has 0 heterocycles. The second kappa shape index (κ2) is 12.4. The predicted octanol–water partition coefficient (Wildman–Crippen LogP) is 5.63. The molecule has 0 atom stereocenters. The molecule has 20 heavy (non-hydrogen) atoms. The minimum Gasteiger partial charge on any atom is -0.224 e. The fraction of sp³-hybridized carbons (Fsp3) is 0.882. The number of hydrogen-bond acceptors (Lipinski definition) is 2. The van der Waals surface area contributed by atoms with Crippen LogP contribution in [0, 0.1) is 0 Å². The third-order valence-electron chi connectivity index (χ3n) is 3.96. The van der Waals surface area contributed by atoms with Gasteiger partial charge in [0.05, 0.1) is 5.25 Å². The van der Waals surface area contributed by atoms with E-state index in [1.807, 2.05) is 0 Å². The van der Waals surface area contributed by atoms with Crippen molar-refractivity contribution in [2.45, 2.75) is 96.1 Å². The van der Waals surface area contributed by atoms with Gasteiger partial charge in [0.1, 0.15) is 0 Å². The molecule has 0 aliphatic heterocycles. The van der Waals surface area contributed by atoms with Crippen molar-refractivity contribution in [2.75, 3.05) is 0 Å². The molecule has 0 aromatic carbocycles. The lowest BCUT2D eigenvalue weighted by atomic mass is 10.0. The lowest BCUT2D eigenvalue weighted by molar-refractivity contribution is 0.521. The molecule has 0 aromatic rings. The van der Waals surface area contributed by atoms with Crippen LogP contribution in [-0.4, -0.2) is 13.7 Å². The van der Waals surface area contributed by atoms with Crippen molar-refractivity contribution < 1.29 is 8.42 Å². The molecule has 0 amide bonds. The lowest BCUT2D eigenvalue weighted by Crippen LogP contribution is -2.19. The topological polar surface area (TPSA) is 34.1 Å². The zero-order chi connectivity index (χ0) is 15.3. The Hall–Kier alpha value is -0.310. The Morgan fingerprint density at radius 3 is 1.55 bits per heavy atom. The monoisotopic (exact) mass is 302 g/mol. The van der Waals surface area contributed by atoms with Crippen LogP contribution in [0.4, 0.5) is 0 Å². The Morgan fingerprint density at radius 1 is 0.800 bits per heavy atom. The summed E-state index contributed by atoms with van der Waals surface area (Å²) in [6.07, 6.45) is 13.4. The van der Waals surface area contributed by atoms with Crippen molar-refractivity contribution in [3.05, 3.63) is 12.0 Å². The first-order valence-electron chi connectivity index (χ1n) is 8.44. The Morgan fingerprint density at radius 2 is 1.20 bits per heavy atom. The normalized spacial score (nSPS) is 11.9. The maximum Gasteiger partial charge on any atom is 0.173 e. The number of hydrogen-bond donors (Lipinski definition) is 0. The van der Waals surface area contributed by atoms with E-state index in [0.717, 1.165) is 43.9 Å². The van der Waals surface area contributed by atoms with E-state index in [9.17, 15) is 8.42 Å². The summed E-state index contributed by atoms with van der Waals surface area (Å²) in [6, 6.07) is 0. The van der Waals surface area contributed by atoms with E-state index in [0.29, 0.717) is 0 Å². The van der Waals surface area contributed by atoms with Crippen molar-refractivity contribution >= 4 is 9.84 Å². The van der Waals surface area contributed by atoms with Crippen LogP contribution in [0.1, 0.15) is 90.9 Å². The van der Waals surface area contributed by atoms with Gasteiger partial charge < -0.3 is 0 Å². The van der Waals surface area contributed by atoms with Crippen LogP contribution in [0.25, 0.3) is 0 Å². The molecule has 3 heteroatoms. The molecule has 0 aliphatic rings. The van der Waals surface area contributed by atoms with Crippen molar-refractivity contribution in [1.82, 2.24) is 0 Å². The van der Waals surface area contributed by atoms with Gasteiger partial charge in [0.15, 0.2) is 9.84 Å².